The molecule has 0 spiro atoms. The van der Waals surface area contributed by atoms with Crippen LogP contribution in [0.3, 0.4) is 0 Å². The van der Waals surface area contributed by atoms with E-state index in [0.29, 0.717) is 0 Å². The van der Waals surface area contributed by atoms with Crippen molar-refractivity contribution in [3.05, 3.63) is 41.6 Å². The number of rotatable bonds is 6. The number of benzene rings is 1. The number of primary amides is 1. The molecule has 9 heteroatoms. The van der Waals surface area contributed by atoms with E-state index in [1.807, 2.05) is 0 Å². The first-order valence-corrected chi connectivity index (χ1v) is 6.61. The number of nitrogens with two attached hydrogens (primary N) is 1. The molecule has 1 aromatic carbocycles. The third-order valence-corrected chi connectivity index (χ3v) is 2.96. The van der Waals surface area contributed by atoms with Gasteiger partial charge >= 0.3 is 6.09 Å². The van der Waals surface area contributed by atoms with Crippen molar-refractivity contribution < 1.29 is 32.5 Å². The zero-order valence-electron chi connectivity index (χ0n) is 12.8. The summed E-state index contributed by atoms with van der Waals surface area (Å²) >= 11 is 0. The van der Waals surface area contributed by atoms with Crippen LogP contribution >= 0.6 is 0 Å². The molecule has 0 fully saturated rings. The van der Waals surface area contributed by atoms with E-state index in [2.05, 4.69) is 9.72 Å². The SMILES string of the molecule is COc1cc(OC)c(F)c(COc2ccc(OC(N)=O)nc2)c1F. The monoisotopic (exact) mass is 340 g/mol. The predicted molar refractivity (Wildman–Crippen MR) is 78.2 cm³/mol. The molecule has 0 aliphatic carbocycles. The number of ether oxygens (including phenoxy) is 4. The topological polar surface area (TPSA) is 92.9 Å². The Morgan fingerprint density at radius 2 is 1.79 bits per heavy atom. The molecule has 24 heavy (non-hydrogen) atoms. The zero-order valence-corrected chi connectivity index (χ0v) is 12.8. The van der Waals surface area contributed by atoms with Gasteiger partial charge in [-0.05, 0) is 6.07 Å². The summed E-state index contributed by atoms with van der Waals surface area (Å²) in [6.45, 7) is -0.428. The van der Waals surface area contributed by atoms with Gasteiger partial charge in [0.25, 0.3) is 0 Å². The summed E-state index contributed by atoms with van der Waals surface area (Å²) in [5.74, 6) is -1.96. The summed E-state index contributed by atoms with van der Waals surface area (Å²) in [5, 5.41) is 0. The van der Waals surface area contributed by atoms with Gasteiger partial charge in [-0.25, -0.2) is 18.6 Å². The quantitative estimate of drug-likeness (QED) is 0.868. The second kappa shape index (κ2) is 7.44. The first-order valence-electron chi connectivity index (χ1n) is 6.61. The Morgan fingerprint density at radius 1 is 1.17 bits per heavy atom. The number of hydrogen-bond donors (Lipinski definition) is 1. The number of hydrogen-bond acceptors (Lipinski definition) is 6. The average Bonchev–Trinajstić information content (AvgIpc) is 2.56. The Kier molecular flexibility index (Phi) is 5.35. The molecule has 0 unspecified atom stereocenters. The third kappa shape index (κ3) is 3.80. The summed E-state index contributed by atoms with van der Waals surface area (Å²) in [6, 6.07) is 3.82. The van der Waals surface area contributed by atoms with Crippen LogP contribution in [0.15, 0.2) is 24.4 Å². The van der Waals surface area contributed by atoms with E-state index in [-0.39, 0.29) is 28.7 Å². The van der Waals surface area contributed by atoms with Crippen molar-refractivity contribution in [1.82, 2.24) is 4.98 Å². The highest BCUT2D eigenvalue weighted by Crippen LogP contribution is 2.32. The Morgan fingerprint density at radius 3 is 2.25 bits per heavy atom. The number of carbonyl (C=O) groups excluding carboxylic acids is 1. The van der Waals surface area contributed by atoms with Crippen LogP contribution in [0.25, 0.3) is 0 Å². The molecule has 0 radical (unpaired) electrons. The highest BCUT2D eigenvalue weighted by molar-refractivity contribution is 5.67. The molecule has 1 amide bonds. The minimum Gasteiger partial charge on any atom is -0.494 e. The van der Waals surface area contributed by atoms with Crippen LogP contribution in [0.4, 0.5) is 13.6 Å². The first kappa shape index (κ1) is 17.3. The summed E-state index contributed by atoms with van der Waals surface area (Å²) in [7, 11) is 2.50. The fraction of sp³-hybridized carbons (Fsp3) is 0.200. The lowest BCUT2D eigenvalue weighted by atomic mass is 10.1. The van der Waals surface area contributed by atoms with Crippen LogP contribution in [0.1, 0.15) is 5.56 Å². The maximum Gasteiger partial charge on any atom is 0.411 e. The van der Waals surface area contributed by atoms with E-state index in [9.17, 15) is 13.6 Å². The fourth-order valence-electron chi connectivity index (χ4n) is 1.83. The Bertz CT molecular complexity index is 709. The lowest BCUT2D eigenvalue weighted by molar-refractivity contribution is 0.208. The number of amides is 1. The molecular weight excluding hydrogens is 326 g/mol. The highest BCUT2D eigenvalue weighted by atomic mass is 19.1. The van der Waals surface area contributed by atoms with Gasteiger partial charge in [0.05, 0.1) is 26.0 Å². The number of methoxy groups -OCH3 is 2. The van der Waals surface area contributed by atoms with Crippen molar-refractivity contribution in [1.29, 1.82) is 0 Å². The average molecular weight is 340 g/mol. The minimum atomic E-state index is -1.01. The summed E-state index contributed by atoms with van der Waals surface area (Å²) < 4.78 is 47.9. The maximum absolute atomic E-state index is 14.2. The second-order valence-corrected chi connectivity index (χ2v) is 4.43. The molecule has 2 rings (SSSR count). The molecule has 0 aliphatic heterocycles. The van der Waals surface area contributed by atoms with Crippen LogP contribution in [0, 0.1) is 11.6 Å². The molecule has 0 saturated heterocycles. The molecule has 0 saturated carbocycles. The van der Waals surface area contributed by atoms with Gasteiger partial charge in [0.2, 0.25) is 5.88 Å². The van der Waals surface area contributed by atoms with E-state index in [1.54, 1.807) is 0 Å². The summed E-state index contributed by atoms with van der Waals surface area (Å²) in [5.41, 5.74) is 4.49. The zero-order chi connectivity index (χ0) is 17.7. The normalized spacial score (nSPS) is 10.2. The number of nitrogens with zero attached hydrogens (tertiary/aromatic N) is 1. The van der Waals surface area contributed by atoms with Crippen LogP contribution in [-0.4, -0.2) is 25.3 Å². The molecule has 128 valence electrons. The standard InChI is InChI=1S/C15H14F2N2O5/c1-21-10-5-11(22-2)14(17)9(13(10)16)7-23-8-3-4-12(19-6-8)24-15(18)20/h3-6H,7H2,1-2H3,(H2,18,20). The van der Waals surface area contributed by atoms with E-state index in [0.717, 1.165) is 6.07 Å². The van der Waals surface area contributed by atoms with Gasteiger partial charge in [-0.2, -0.15) is 0 Å². The predicted octanol–water partition coefficient (Wildman–Crippen LogP) is 2.41. The molecule has 7 nitrogen and oxygen atoms in total. The molecule has 0 aliphatic rings. The third-order valence-electron chi connectivity index (χ3n) is 2.96. The van der Waals surface area contributed by atoms with Gasteiger partial charge in [-0.1, -0.05) is 0 Å². The summed E-state index contributed by atoms with van der Waals surface area (Å²) in [6.07, 6.45) is 0.203. The maximum atomic E-state index is 14.2. The fourth-order valence-corrected chi connectivity index (χ4v) is 1.83. The van der Waals surface area contributed by atoms with Gasteiger partial charge in [0, 0.05) is 12.1 Å². The van der Waals surface area contributed by atoms with Crippen LogP contribution < -0.4 is 24.7 Å². The van der Waals surface area contributed by atoms with E-state index in [1.165, 1.54) is 32.5 Å². The first-order chi connectivity index (χ1) is 11.5. The number of halogens is 2. The van der Waals surface area contributed by atoms with Crippen LogP contribution in [0.5, 0.6) is 23.1 Å². The van der Waals surface area contributed by atoms with Crippen molar-refractivity contribution in [2.75, 3.05) is 14.2 Å². The molecule has 0 atom stereocenters. The van der Waals surface area contributed by atoms with Crippen molar-refractivity contribution in [2.24, 2.45) is 5.73 Å². The highest BCUT2D eigenvalue weighted by Gasteiger charge is 2.20. The molecule has 2 N–H and O–H groups in total. The van der Waals surface area contributed by atoms with Gasteiger partial charge in [0.1, 0.15) is 12.4 Å². The number of aromatic nitrogens is 1. The Hall–Kier alpha value is -3.10. The van der Waals surface area contributed by atoms with Crippen LogP contribution in [-0.2, 0) is 6.61 Å². The Labute approximate surface area is 135 Å². The molecule has 2 aromatic rings. The van der Waals surface area contributed by atoms with Crippen molar-refractivity contribution in [2.45, 2.75) is 6.61 Å². The van der Waals surface area contributed by atoms with E-state index in [4.69, 9.17) is 19.9 Å². The lowest BCUT2D eigenvalue weighted by Gasteiger charge is -2.13. The van der Waals surface area contributed by atoms with Crippen molar-refractivity contribution in [3.63, 3.8) is 0 Å². The van der Waals surface area contributed by atoms with Gasteiger partial charge in [0.15, 0.2) is 23.1 Å². The van der Waals surface area contributed by atoms with Gasteiger partial charge < -0.3 is 24.7 Å². The lowest BCUT2D eigenvalue weighted by Crippen LogP contribution is -2.16. The molecule has 0 bridgehead atoms. The molecule has 1 heterocycles. The summed E-state index contributed by atoms with van der Waals surface area (Å²) in [4.78, 5) is 14.3. The second-order valence-electron chi connectivity index (χ2n) is 4.43. The largest absolute Gasteiger partial charge is 0.494 e. The molecular formula is C15H14F2N2O5. The van der Waals surface area contributed by atoms with Gasteiger partial charge in [-0.3, -0.25) is 0 Å². The Balaban J connectivity index is 2.18. The van der Waals surface area contributed by atoms with Gasteiger partial charge in [-0.15, -0.1) is 0 Å². The number of carbonyl (C=O) groups is 1. The van der Waals surface area contributed by atoms with Crippen molar-refractivity contribution in [3.8, 4) is 23.1 Å². The molecule has 1 aromatic heterocycles. The minimum absolute atomic E-state index is 0.0322. The van der Waals surface area contributed by atoms with Crippen molar-refractivity contribution >= 4 is 6.09 Å². The van der Waals surface area contributed by atoms with Crippen LogP contribution in [0.2, 0.25) is 0 Å². The number of pyridine rings is 1. The smallest absolute Gasteiger partial charge is 0.411 e. The van der Waals surface area contributed by atoms with E-state index >= 15 is 0 Å². The van der Waals surface area contributed by atoms with E-state index < -0.39 is 24.3 Å².